The van der Waals surface area contributed by atoms with Gasteiger partial charge in [0.2, 0.25) is 0 Å². The molecule has 86 valence electrons. The van der Waals surface area contributed by atoms with Crippen molar-refractivity contribution in [3.63, 3.8) is 0 Å². The van der Waals surface area contributed by atoms with Gasteiger partial charge in [-0.25, -0.2) is 4.98 Å². The van der Waals surface area contributed by atoms with E-state index >= 15 is 0 Å². The lowest BCUT2D eigenvalue weighted by molar-refractivity contribution is 0.401. The number of hydrogen-bond acceptors (Lipinski definition) is 2. The number of nitrogens with two attached hydrogens (primary N) is 1. The minimum absolute atomic E-state index is 0.0151. The summed E-state index contributed by atoms with van der Waals surface area (Å²) in [5.41, 5.74) is 7.18. The summed E-state index contributed by atoms with van der Waals surface area (Å²) in [6, 6.07) is 0. The number of nitrogen functional groups attached to an aromatic ring is 1. The molecule has 1 atom stereocenters. The maximum Gasteiger partial charge on any atom is 0.127 e. The lowest BCUT2D eigenvalue weighted by Crippen LogP contribution is -2.22. The van der Waals surface area contributed by atoms with E-state index in [9.17, 15) is 0 Å². The summed E-state index contributed by atoms with van der Waals surface area (Å²) in [4.78, 5) is 4.44. The van der Waals surface area contributed by atoms with Crippen molar-refractivity contribution in [3.05, 3.63) is 12.0 Å². The van der Waals surface area contributed by atoms with E-state index in [-0.39, 0.29) is 5.54 Å². The Balaban J connectivity index is 2.99. The van der Waals surface area contributed by atoms with E-state index in [1.54, 1.807) is 0 Å². The van der Waals surface area contributed by atoms with Crippen LogP contribution in [0.5, 0.6) is 0 Å². The van der Waals surface area contributed by atoms with E-state index in [2.05, 4.69) is 44.2 Å². The molecular weight excluding hydrogens is 186 g/mol. The molecule has 0 saturated carbocycles. The van der Waals surface area contributed by atoms with E-state index in [1.807, 2.05) is 6.33 Å². The first kappa shape index (κ1) is 12.1. The van der Waals surface area contributed by atoms with Crippen molar-refractivity contribution in [3.8, 4) is 0 Å². The summed E-state index contributed by atoms with van der Waals surface area (Å²) in [6.45, 7) is 10.8. The van der Waals surface area contributed by atoms with Crippen LogP contribution in [0.15, 0.2) is 6.33 Å². The molecular formula is C12H23N3. The van der Waals surface area contributed by atoms with Crippen LogP contribution < -0.4 is 5.73 Å². The van der Waals surface area contributed by atoms with Crippen LogP contribution in [0.1, 0.15) is 59.1 Å². The molecule has 0 aliphatic carbocycles. The molecule has 0 radical (unpaired) electrons. The van der Waals surface area contributed by atoms with E-state index in [1.165, 1.54) is 6.42 Å². The van der Waals surface area contributed by atoms with Crippen LogP contribution >= 0.6 is 0 Å². The Morgan fingerprint density at radius 1 is 1.47 bits per heavy atom. The molecule has 0 aromatic carbocycles. The minimum atomic E-state index is 0.0151. The predicted molar refractivity (Wildman–Crippen MR) is 65.0 cm³/mol. The molecule has 1 rings (SSSR count). The zero-order valence-electron chi connectivity index (χ0n) is 10.5. The first-order chi connectivity index (χ1) is 6.88. The molecule has 2 N–H and O–H groups in total. The SMILES string of the molecule is CCCC(C)c1ncn(C(C)(C)C)c1N. The Morgan fingerprint density at radius 2 is 2.07 bits per heavy atom. The summed E-state index contributed by atoms with van der Waals surface area (Å²) >= 11 is 0. The molecule has 3 nitrogen and oxygen atoms in total. The predicted octanol–water partition coefficient (Wildman–Crippen LogP) is 3.12. The van der Waals surface area contributed by atoms with Gasteiger partial charge in [-0.05, 0) is 27.2 Å². The fourth-order valence-corrected chi connectivity index (χ4v) is 1.86. The number of rotatable bonds is 3. The number of hydrogen-bond donors (Lipinski definition) is 1. The Labute approximate surface area is 92.7 Å². The van der Waals surface area contributed by atoms with Crippen molar-refractivity contribution in [2.45, 2.75) is 58.9 Å². The average molecular weight is 209 g/mol. The monoisotopic (exact) mass is 209 g/mol. The molecule has 0 spiro atoms. The van der Waals surface area contributed by atoms with Crippen molar-refractivity contribution in [1.82, 2.24) is 9.55 Å². The summed E-state index contributed by atoms with van der Waals surface area (Å²) in [5, 5.41) is 0. The molecule has 0 fully saturated rings. The third-order valence-electron chi connectivity index (χ3n) is 2.75. The second-order valence-corrected chi connectivity index (χ2v) is 5.25. The topological polar surface area (TPSA) is 43.8 Å². The number of imidazole rings is 1. The largest absolute Gasteiger partial charge is 0.384 e. The molecule has 1 heterocycles. The summed E-state index contributed by atoms with van der Waals surface area (Å²) in [5.74, 6) is 1.28. The molecule has 3 heteroatoms. The highest BCUT2D eigenvalue weighted by Gasteiger charge is 2.20. The normalized spacial score (nSPS) is 14.2. The second kappa shape index (κ2) is 4.25. The Bertz CT molecular complexity index is 320. The first-order valence-corrected chi connectivity index (χ1v) is 5.71. The maximum atomic E-state index is 6.12. The molecule has 0 saturated heterocycles. The lowest BCUT2D eigenvalue weighted by atomic mass is 10.0. The van der Waals surface area contributed by atoms with E-state index in [0.717, 1.165) is 17.9 Å². The lowest BCUT2D eigenvalue weighted by Gasteiger charge is -2.22. The standard InChI is InChI=1S/C12H23N3/c1-6-7-9(2)10-11(13)15(8-14-10)12(3,4)5/h8-9H,6-7,13H2,1-5H3. The van der Waals surface area contributed by atoms with Crippen LogP contribution in [0.25, 0.3) is 0 Å². The summed E-state index contributed by atoms with van der Waals surface area (Å²) in [6.07, 6.45) is 4.17. The van der Waals surface area contributed by atoms with E-state index in [4.69, 9.17) is 5.73 Å². The van der Waals surface area contributed by atoms with Crippen LogP contribution in [-0.4, -0.2) is 9.55 Å². The van der Waals surface area contributed by atoms with Crippen LogP contribution in [0.2, 0.25) is 0 Å². The van der Waals surface area contributed by atoms with Gasteiger partial charge in [0.1, 0.15) is 5.82 Å². The van der Waals surface area contributed by atoms with Gasteiger partial charge in [-0.3, -0.25) is 0 Å². The quantitative estimate of drug-likeness (QED) is 0.831. The highest BCUT2D eigenvalue weighted by Crippen LogP contribution is 2.28. The first-order valence-electron chi connectivity index (χ1n) is 5.71. The smallest absolute Gasteiger partial charge is 0.127 e. The van der Waals surface area contributed by atoms with Crippen LogP contribution in [0.4, 0.5) is 5.82 Å². The Morgan fingerprint density at radius 3 is 2.47 bits per heavy atom. The Kier molecular flexibility index (Phi) is 3.42. The van der Waals surface area contributed by atoms with Gasteiger partial charge in [-0.1, -0.05) is 20.3 Å². The highest BCUT2D eigenvalue weighted by molar-refractivity contribution is 5.39. The van der Waals surface area contributed by atoms with Gasteiger partial charge in [-0.15, -0.1) is 0 Å². The zero-order chi connectivity index (χ0) is 11.6. The zero-order valence-corrected chi connectivity index (χ0v) is 10.5. The van der Waals surface area contributed by atoms with Crippen molar-refractivity contribution < 1.29 is 0 Å². The van der Waals surface area contributed by atoms with Gasteiger partial charge in [0.15, 0.2) is 0 Å². The molecule has 1 unspecified atom stereocenters. The van der Waals surface area contributed by atoms with Crippen molar-refractivity contribution in [1.29, 1.82) is 0 Å². The van der Waals surface area contributed by atoms with Gasteiger partial charge in [-0.2, -0.15) is 0 Å². The fraction of sp³-hybridized carbons (Fsp3) is 0.750. The molecule has 0 amide bonds. The van der Waals surface area contributed by atoms with Crippen molar-refractivity contribution >= 4 is 5.82 Å². The molecule has 0 aliphatic heterocycles. The summed E-state index contributed by atoms with van der Waals surface area (Å²) < 4.78 is 2.05. The van der Waals surface area contributed by atoms with Crippen LogP contribution in [0, 0.1) is 0 Å². The minimum Gasteiger partial charge on any atom is -0.384 e. The highest BCUT2D eigenvalue weighted by atomic mass is 15.2. The molecule has 0 bridgehead atoms. The van der Waals surface area contributed by atoms with Crippen LogP contribution in [0.3, 0.4) is 0 Å². The summed E-state index contributed by atoms with van der Waals surface area (Å²) in [7, 11) is 0. The van der Waals surface area contributed by atoms with Gasteiger partial charge < -0.3 is 10.3 Å². The third kappa shape index (κ3) is 2.52. The van der Waals surface area contributed by atoms with Gasteiger partial charge in [0.25, 0.3) is 0 Å². The van der Waals surface area contributed by atoms with Crippen molar-refractivity contribution in [2.75, 3.05) is 5.73 Å². The molecule has 15 heavy (non-hydrogen) atoms. The van der Waals surface area contributed by atoms with Crippen LogP contribution in [-0.2, 0) is 5.54 Å². The fourth-order valence-electron chi connectivity index (χ4n) is 1.86. The molecule has 1 aromatic rings. The molecule has 0 aliphatic rings. The third-order valence-corrected chi connectivity index (χ3v) is 2.75. The van der Waals surface area contributed by atoms with Gasteiger partial charge in [0, 0.05) is 11.5 Å². The van der Waals surface area contributed by atoms with E-state index in [0.29, 0.717) is 5.92 Å². The molecule has 1 aromatic heterocycles. The van der Waals surface area contributed by atoms with Crippen molar-refractivity contribution in [2.24, 2.45) is 0 Å². The average Bonchev–Trinajstić information content (AvgIpc) is 2.46. The second-order valence-electron chi connectivity index (χ2n) is 5.25. The number of nitrogens with zero attached hydrogens (tertiary/aromatic N) is 2. The maximum absolute atomic E-state index is 6.12. The number of anilines is 1. The van der Waals surface area contributed by atoms with Gasteiger partial charge >= 0.3 is 0 Å². The van der Waals surface area contributed by atoms with Gasteiger partial charge in [0.05, 0.1) is 12.0 Å². The number of aromatic nitrogens is 2. The van der Waals surface area contributed by atoms with E-state index < -0.39 is 0 Å². The Hall–Kier alpha value is -0.990.